The third-order valence-corrected chi connectivity index (χ3v) is 3.29. The number of oxime groups is 1. The molecule has 5 nitrogen and oxygen atoms in total. The lowest BCUT2D eigenvalue weighted by molar-refractivity contribution is 0.152. The van der Waals surface area contributed by atoms with Crippen molar-refractivity contribution in [3.05, 3.63) is 28.0 Å². The molecule has 0 aromatic heterocycles. The van der Waals surface area contributed by atoms with Crippen LogP contribution in [0, 0.1) is 5.82 Å². The Morgan fingerprint density at radius 3 is 2.60 bits per heavy atom. The molecule has 0 aliphatic carbocycles. The molecule has 0 aliphatic rings. The molecule has 20 heavy (non-hydrogen) atoms. The maximum atomic E-state index is 14.2. The highest BCUT2D eigenvalue weighted by molar-refractivity contribution is 9.10. The summed E-state index contributed by atoms with van der Waals surface area (Å²) < 4.78 is 39.0. The van der Waals surface area contributed by atoms with Crippen molar-refractivity contribution >= 4 is 27.5 Å². The Morgan fingerprint density at radius 1 is 1.45 bits per heavy atom. The molecule has 1 aromatic carbocycles. The van der Waals surface area contributed by atoms with Crippen LogP contribution in [0.3, 0.4) is 0 Å². The van der Waals surface area contributed by atoms with E-state index in [1.165, 1.54) is 12.1 Å². The van der Waals surface area contributed by atoms with Crippen molar-refractivity contribution in [2.75, 3.05) is 24.6 Å². The Bertz CT molecular complexity index is 500. The van der Waals surface area contributed by atoms with E-state index in [9.17, 15) is 13.2 Å². The lowest BCUT2D eigenvalue weighted by Crippen LogP contribution is -2.32. The fraction of sp³-hybridized carbons (Fsp3) is 0.364. The molecule has 0 amide bonds. The van der Waals surface area contributed by atoms with Gasteiger partial charge in [0, 0.05) is 12.1 Å². The standard InChI is InChI=1S/C11H13BrF3N3O2/c12-9-6(11(16)17-20)1-2-7(10(9)15)18(3-4-19)5-8(13)14/h1-2,8,19-20H,3-5H2,(H2,16,17). The average Bonchev–Trinajstić information content (AvgIpc) is 2.40. The molecule has 0 saturated carbocycles. The molecule has 1 rings (SSSR count). The molecule has 0 bridgehead atoms. The van der Waals surface area contributed by atoms with Crippen molar-refractivity contribution in [2.24, 2.45) is 10.9 Å². The average molecular weight is 356 g/mol. The molecule has 0 heterocycles. The van der Waals surface area contributed by atoms with Gasteiger partial charge < -0.3 is 20.9 Å². The number of rotatable bonds is 6. The van der Waals surface area contributed by atoms with Gasteiger partial charge in [-0.25, -0.2) is 13.2 Å². The van der Waals surface area contributed by atoms with Crippen LogP contribution in [-0.2, 0) is 0 Å². The number of hydrogen-bond acceptors (Lipinski definition) is 4. The minimum atomic E-state index is -2.68. The van der Waals surface area contributed by atoms with Crippen molar-refractivity contribution in [3.63, 3.8) is 0 Å². The summed E-state index contributed by atoms with van der Waals surface area (Å²) in [5.74, 6) is -1.15. The molecule has 0 unspecified atom stereocenters. The Labute approximate surface area is 121 Å². The number of alkyl halides is 2. The number of amidine groups is 1. The lowest BCUT2D eigenvalue weighted by atomic mass is 10.1. The van der Waals surface area contributed by atoms with Gasteiger partial charge in [0.2, 0.25) is 0 Å². The molecule has 0 fully saturated rings. The number of nitrogens with two attached hydrogens (primary N) is 1. The molecule has 0 saturated heterocycles. The number of benzene rings is 1. The van der Waals surface area contributed by atoms with Crippen molar-refractivity contribution in [1.82, 2.24) is 0 Å². The van der Waals surface area contributed by atoms with Crippen LogP contribution in [-0.4, -0.2) is 42.3 Å². The van der Waals surface area contributed by atoms with Gasteiger partial charge in [0.1, 0.15) is 0 Å². The van der Waals surface area contributed by atoms with E-state index in [-0.39, 0.29) is 28.1 Å². The topological polar surface area (TPSA) is 82.1 Å². The number of halogens is 4. The van der Waals surface area contributed by atoms with E-state index in [0.29, 0.717) is 0 Å². The molecule has 4 N–H and O–H groups in total. The lowest BCUT2D eigenvalue weighted by Gasteiger charge is -2.24. The third-order valence-electron chi connectivity index (χ3n) is 2.51. The van der Waals surface area contributed by atoms with Gasteiger partial charge in [-0.05, 0) is 28.1 Å². The summed E-state index contributed by atoms with van der Waals surface area (Å²) in [7, 11) is 0. The molecular formula is C11H13BrF3N3O2. The minimum Gasteiger partial charge on any atom is -0.409 e. The Morgan fingerprint density at radius 2 is 2.10 bits per heavy atom. The van der Waals surface area contributed by atoms with E-state index in [2.05, 4.69) is 21.1 Å². The molecule has 0 spiro atoms. The Balaban J connectivity index is 3.21. The quantitative estimate of drug-likeness (QED) is 0.314. The summed E-state index contributed by atoms with van der Waals surface area (Å²) >= 11 is 2.93. The Kier molecular flexibility index (Phi) is 6.08. The third kappa shape index (κ3) is 3.76. The molecule has 1 aromatic rings. The summed E-state index contributed by atoms with van der Waals surface area (Å²) in [5, 5.41) is 20.2. The van der Waals surface area contributed by atoms with Gasteiger partial charge in [0.25, 0.3) is 6.43 Å². The van der Waals surface area contributed by atoms with Crippen molar-refractivity contribution in [3.8, 4) is 0 Å². The molecule has 112 valence electrons. The van der Waals surface area contributed by atoms with Crippen LogP contribution in [0.5, 0.6) is 0 Å². The first-order valence-electron chi connectivity index (χ1n) is 5.52. The molecule has 9 heteroatoms. The van der Waals surface area contributed by atoms with Crippen LogP contribution in [0.25, 0.3) is 0 Å². The van der Waals surface area contributed by atoms with Crippen molar-refractivity contribution in [1.29, 1.82) is 0 Å². The fourth-order valence-corrected chi connectivity index (χ4v) is 2.17. The van der Waals surface area contributed by atoms with Crippen LogP contribution in [0.15, 0.2) is 21.8 Å². The number of aliphatic hydroxyl groups excluding tert-OH is 1. The zero-order valence-electron chi connectivity index (χ0n) is 10.2. The SMILES string of the molecule is N/C(=N/O)c1ccc(N(CCO)CC(F)F)c(F)c1Br. The highest BCUT2D eigenvalue weighted by Gasteiger charge is 2.20. The predicted octanol–water partition coefficient (Wildman–Crippen LogP) is 1.75. The first-order valence-corrected chi connectivity index (χ1v) is 6.31. The van der Waals surface area contributed by atoms with E-state index < -0.39 is 25.4 Å². The normalized spacial score (nSPS) is 12.0. The number of aliphatic hydroxyl groups is 1. The molecular weight excluding hydrogens is 343 g/mol. The van der Waals surface area contributed by atoms with Crippen LogP contribution in [0.2, 0.25) is 0 Å². The van der Waals surface area contributed by atoms with Crippen LogP contribution in [0.1, 0.15) is 5.56 Å². The molecule has 0 atom stereocenters. The number of hydrogen-bond donors (Lipinski definition) is 3. The summed E-state index contributed by atoms with van der Waals surface area (Å²) in [4.78, 5) is 1.01. The van der Waals surface area contributed by atoms with E-state index >= 15 is 0 Å². The zero-order valence-corrected chi connectivity index (χ0v) is 11.8. The van der Waals surface area contributed by atoms with Crippen molar-refractivity contribution < 1.29 is 23.5 Å². The summed E-state index contributed by atoms with van der Waals surface area (Å²) in [6, 6.07) is 2.55. The smallest absolute Gasteiger partial charge is 0.255 e. The number of nitrogens with zero attached hydrogens (tertiary/aromatic N) is 2. The first kappa shape index (κ1) is 16.6. The molecule has 0 radical (unpaired) electrons. The summed E-state index contributed by atoms with van der Waals surface area (Å²) in [6.45, 7) is -1.25. The van der Waals surface area contributed by atoms with Crippen LogP contribution >= 0.6 is 15.9 Å². The summed E-state index contributed by atoms with van der Waals surface area (Å²) in [6.07, 6.45) is -2.68. The highest BCUT2D eigenvalue weighted by atomic mass is 79.9. The maximum absolute atomic E-state index is 14.2. The van der Waals surface area contributed by atoms with Gasteiger partial charge in [-0.1, -0.05) is 5.16 Å². The van der Waals surface area contributed by atoms with E-state index in [4.69, 9.17) is 16.0 Å². The van der Waals surface area contributed by atoms with Crippen molar-refractivity contribution in [2.45, 2.75) is 6.43 Å². The zero-order chi connectivity index (χ0) is 15.3. The maximum Gasteiger partial charge on any atom is 0.255 e. The van der Waals surface area contributed by atoms with E-state index in [0.717, 1.165) is 4.90 Å². The minimum absolute atomic E-state index is 0.0924. The largest absolute Gasteiger partial charge is 0.409 e. The highest BCUT2D eigenvalue weighted by Crippen LogP contribution is 2.29. The van der Waals surface area contributed by atoms with Gasteiger partial charge in [0.05, 0.1) is 23.3 Å². The monoisotopic (exact) mass is 355 g/mol. The van der Waals surface area contributed by atoms with E-state index in [1.807, 2.05) is 0 Å². The van der Waals surface area contributed by atoms with Gasteiger partial charge in [0.15, 0.2) is 11.7 Å². The predicted molar refractivity (Wildman–Crippen MR) is 71.9 cm³/mol. The van der Waals surface area contributed by atoms with Gasteiger partial charge >= 0.3 is 0 Å². The summed E-state index contributed by atoms with van der Waals surface area (Å²) in [5.41, 5.74) is 5.34. The van der Waals surface area contributed by atoms with Gasteiger partial charge in [-0.15, -0.1) is 0 Å². The number of anilines is 1. The molecule has 0 aliphatic heterocycles. The van der Waals surface area contributed by atoms with Gasteiger partial charge in [-0.2, -0.15) is 0 Å². The second kappa shape index (κ2) is 7.34. The van der Waals surface area contributed by atoms with E-state index in [1.54, 1.807) is 0 Å². The fourth-order valence-electron chi connectivity index (χ4n) is 1.63. The van der Waals surface area contributed by atoms with Gasteiger partial charge in [-0.3, -0.25) is 0 Å². The van der Waals surface area contributed by atoms with Crippen LogP contribution in [0.4, 0.5) is 18.9 Å². The first-order chi connectivity index (χ1) is 9.42. The second-order valence-corrected chi connectivity index (χ2v) is 4.60. The second-order valence-electron chi connectivity index (χ2n) is 3.81. The Hall–Kier alpha value is -1.48. The van der Waals surface area contributed by atoms with Crippen LogP contribution < -0.4 is 10.6 Å².